The zero-order valence-corrected chi connectivity index (χ0v) is 8.57. The molecule has 0 radical (unpaired) electrons. The van der Waals surface area contributed by atoms with Gasteiger partial charge in [-0.2, -0.15) is 5.06 Å². The fraction of sp³-hybridized carbons (Fsp3) is 0.222. The average Bonchev–Trinajstić information content (AvgIpc) is 2.28. The first-order valence-electron chi connectivity index (χ1n) is 4.36. The fourth-order valence-electron chi connectivity index (χ4n) is 1.10. The van der Waals surface area contributed by atoms with E-state index in [9.17, 15) is 4.79 Å². The normalized spacial score (nSPS) is 9.31. The van der Waals surface area contributed by atoms with Gasteiger partial charge in [0.2, 0.25) is 0 Å². The molecule has 0 fully saturated rings. The van der Waals surface area contributed by atoms with Gasteiger partial charge < -0.3 is 5.11 Å². The quantitative estimate of drug-likeness (QED) is 0.367. The Kier molecular flexibility index (Phi) is 4.14. The summed E-state index contributed by atoms with van der Waals surface area (Å²) in [4.78, 5) is 17.9. The van der Waals surface area contributed by atoms with E-state index in [2.05, 4.69) is 14.9 Å². The topological polar surface area (TPSA) is 98.5 Å². The molecule has 1 N–H and O–H groups in total. The molecule has 0 saturated carbocycles. The van der Waals surface area contributed by atoms with Gasteiger partial charge in [0.15, 0.2) is 0 Å². The number of rotatable bonds is 4. The van der Waals surface area contributed by atoms with Gasteiger partial charge >= 0.3 is 6.09 Å². The number of carboxylic acid groups (broad SMARTS) is 1. The molecule has 84 valence electrons. The maximum atomic E-state index is 10.6. The molecule has 0 aliphatic carbocycles. The van der Waals surface area contributed by atoms with Crippen molar-refractivity contribution in [3.8, 4) is 0 Å². The lowest BCUT2D eigenvalue weighted by Crippen LogP contribution is -2.27. The third-order valence-electron chi connectivity index (χ3n) is 1.86. The lowest BCUT2D eigenvalue weighted by Gasteiger charge is -2.15. The van der Waals surface area contributed by atoms with Gasteiger partial charge in [0.05, 0.1) is 13.7 Å². The van der Waals surface area contributed by atoms with E-state index in [1.165, 1.54) is 7.11 Å². The standard InChI is InChI=1S/C9H10N4O3/c1-16-13(9(14)15)6-7-2-4-8(5-3-7)11-12-10/h2-5H,6H2,1H3,(H,14,15). The second-order valence-electron chi connectivity index (χ2n) is 2.86. The van der Waals surface area contributed by atoms with Gasteiger partial charge in [-0.3, -0.25) is 4.84 Å². The summed E-state index contributed by atoms with van der Waals surface area (Å²) in [7, 11) is 1.28. The van der Waals surface area contributed by atoms with E-state index >= 15 is 0 Å². The van der Waals surface area contributed by atoms with Crippen LogP contribution in [0.3, 0.4) is 0 Å². The number of hydrogen-bond acceptors (Lipinski definition) is 3. The van der Waals surface area contributed by atoms with E-state index in [0.29, 0.717) is 5.69 Å². The van der Waals surface area contributed by atoms with Gasteiger partial charge in [0.1, 0.15) is 0 Å². The second kappa shape index (κ2) is 5.59. The molecule has 1 amide bonds. The SMILES string of the molecule is CON(Cc1ccc(N=[N+]=[N-])cc1)C(=O)O. The van der Waals surface area contributed by atoms with Gasteiger partial charge in [0, 0.05) is 10.6 Å². The summed E-state index contributed by atoms with van der Waals surface area (Å²) in [5.74, 6) is 0. The van der Waals surface area contributed by atoms with Crippen LogP contribution < -0.4 is 0 Å². The van der Waals surface area contributed by atoms with E-state index in [-0.39, 0.29) is 6.54 Å². The number of hydrogen-bond donors (Lipinski definition) is 1. The van der Waals surface area contributed by atoms with Gasteiger partial charge in [-0.25, -0.2) is 4.79 Å². The molecule has 0 aliphatic heterocycles. The van der Waals surface area contributed by atoms with Crippen molar-refractivity contribution in [2.24, 2.45) is 5.11 Å². The molecule has 0 atom stereocenters. The van der Waals surface area contributed by atoms with E-state index in [0.717, 1.165) is 10.6 Å². The summed E-state index contributed by atoms with van der Waals surface area (Å²) in [6, 6.07) is 6.54. The molecule has 7 heteroatoms. The molecular weight excluding hydrogens is 212 g/mol. The van der Waals surface area contributed by atoms with Crippen LogP contribution in [0, 0.1) is 0 Å². The van der Waals surface area contributed by atoms with Crippen molar-refractivity contribution in [3.05, 3.63) is 40.3 Å². The molecule has 0 saturated heterocycles. The van der Waals surface area contributed by atoms with Crippen LogP contribution in [-0.4, -0.2) is 23.4 Å². The van der Waals surface area contributed by atoms with E-state index < -0.39 is 6.09 Å². The van der Waals surface area contributed by atoms with Crippen molar-refractivity contribution in [2.75, 3.05) is 7.11 Å². The predicted molar refractivity (Wildman–Crippen MR) is 55.8 cm³/mol. The first-order chi connectivity index (χ1) is 7.67. The summed E-state index contributed by atoms with van der Waals surface area (Å²) >= 11 is 0. The number of carbonyl (C=O) groups is 1. The van der Waals surface area contributed by atoms with Crippen LogP contribution in [0.25, 0.3) is 10.4 Å². The number of amides is 1. The minimum Gasteiger partial charge on any atom is -0.463 e. The average molecular weight is 222 g/mol. The Balaban J connectivity index is 2.74. The maximum absolute atomic E-state index is 10.6. The van der Waals surface area contributed by atoms with Crippen molar-refractivity contribution in [2.45, 2.75) is 6.54 Å². The van der Waals surface area contributed by atoms with Crippen molar-refractivity contribution < 1.29 is 14.7 Å². The lowest BCUT2D eigenvalue weighted by atomic mass is 10.2. The van der Waals surface area contributed by atoms with Crippen LogP contribution in [0.4, 0.5) is 10.5 Å². The first kappa shape index (κ1) is 11.8. The van der Waals surface area contributed by atoms with Crippen LogP contribution >= 0.6 is 0 Å². The van der Waals surface area contributed by atoms with Crippen LogP contribution in [0.1, 0.15) is 5.56 Å². The third kappa shape index (κ3) is 3.16. The van der Waals surface area contributed by atoms with Gasteiger partial charge in [-0.1, -0.05) is 29.4 Å². The minimum absolute atomic E-state index is 0.113. The molecule has 1 aromatic rings. The molecule has 0 unspecified atom stereocenters. The van der Waals surface area contributed by atoms with E-state index in [1.54, 1.807) is 24.3 Å². The fourth-order valence-corrected chi connectivity index (χ4v) is 1.10. The predicted octanol–water partition coefficient (Wildman–Crippen LogP) is 2.67. The summed E-state index contributed by atoms with van der Waals surface area (Å²) in [6.45, 7) is 0.113. The van der Waals surface area contributed by atoms with Crippen molar-refractivity contribution in [1.82, 2.24) is 5.06 Å². The number of azide groups is 1. The highest BCUT2D eigenvalue weighted by atomic mass is 16.7. The largest absolute Gasteiger partial charge is 0.463 e. The monoisotopic (exact) mass is 222 g/mol. The molecule has 7 nitrogen and oxygen atoms in total. The Morgan fingerprint density at radius 1 is 1.56 bits per heavy atom. The highest BCUT2D eigenvalue weighted by Gasteiger charge is 2.10. The van der Waals surface area contributed by atoms with Crippen molar-refractivity contribution >= 4 is 11.8 Å². The summed E-state index contributed by atoms with van der Waals surface area (Å²) in [5.41, 5.74) is 9.41. The molecule has 0 bridgehead atoms. The van der Waals surface area contributed by atoms with Gasteiger partial charge in [-0.05, 0) is 11.1 Å². The van der Waals surface area contributed by atoms with Gasteiger partial charge in [0.25, 0.3) is 0 Å². The Bertz CT molecular complexity index is 411. The van der Waals surface area contributed by atoms with E-state index in [1.807, 2.05) is 0 Å². The molecule has 0 heterocycles. The molecule has 0 aliphatic rings. The Morgan fingerprint density at radius 3 is 2.62 bits per heavy atom. The van der Waals surface area contributed by atoms with E-state index in [4.69, 9.17) is 10.6 Å². The smallest absolute Gasteiger partial charge is 0.431 e. The lowest BCUT2D eigenvalue weighted by molar-refractivity contribution is -0.109. The van der Waals surface area contributed by atoms with Crippen LogP contribution in [0.15, 0.2) is 29.4 Å². The zero-order chi connectivity index (χ0) is 12.0. The molecule has 1 aromatic carbocycles. The molecule has 0 spiro atoms. The minimum atomic E-state index is -1.17. The number of nitrogens with zero attached hydrogens (tertiary/aromatic N) is 4. The number of benzene rings is 1. The Labute approximate surface area is 91.4 Å². The summed E-state index contributed by atoms with van der Waals surface area (Å²) < 4.78 is 0. The van der Waals surface area contributed by atoms with Crippen LogP contribution in [0.5, 0.6) is 0 Å². The molecule has 0 aromatic heterocycles. The highest BCUT2D eigenvalue weighted by molar-refractivity contribution is 5.63. The highest BCUT2D eigenvalue weighted by Crippen LogP contribution is 2.14. The third-order valence-corrected chi connectivity index (χ3v) is 1.86. The molecular formula is C9H10N4O3. The Hall–Kier alpha value is -2.24. The number of hydroxylamine groups is 2. The van der Waals surface area contributed by atoms with Crippen molar-refractivity contribution in [1.29, 1.82) is 0 Å². The molecule has 1 rings (SSSR count). The van der Waals surface area contributed by atoms with Gasteiger partial charge in [-0.15, -0.1) is 0 Å². The first-order valence-corrected chi connectivity index (χ1v) is 4.36. The second-order valence-corrected chi connectivity index (χ2v) is 2.86. The zero-order valence-electron chi connectivity index (χ0n) is 8.57. The maximum Gasteiger partial charge on any atom is 0.431 e. The summed E-state index contributed by atoms with van der Waals surface area (Å²) in [5, 5.41) is 12.9. The van der Waals surface area contributed by atoms with Crippen LogP contribution in [-0.2, 0) is 11.4 Å². The summed E-state index contributed by atoms with van der Waals surface area (Å²) in [6.07, 6.45) is -1.17. The Morgan fingerprint density at radius 2 is 2.19 bits per heavy atom. The molecule has 16 heavy (non-hydrogen) atoms. The van der Waals surface area contributed by atoms with Crippen LogP contribution in [0.2, 0.25) is 0 Å². The van der Waals surface area contributed by atoms with Crippen molar-refractivity contribution in [3.63, 3.8) is 0 Å².